The van der Waals surface area contributed by atoms with Gasteiger partial charge in [-0.05, 0) is 56.0 Å². The number of fused-ring (bicyclic) bond motifs is 1. The average molecular weight is 296 g/mol. The maximum atomic E-state index is 12.9. The van der Waals surface area contributed by atoms with Gasteiger partial charge in [0.1, 0.15) is 5.75 Å². The van der Waals surface area contributed by atoms with E-state index in [2.05, 4.69) is 18.0 Å². The standard InChI is InChI=1S/C18H20N2O2/c1-12-6-9-16(22-3)17-15(12)5-4-10-20(17)18(21)14-8-7-13(2)19-11-14/h6-9,11H,4-5,10H2,1-3H3. The molecule has 2 heterocycles. The van der Waals surface area contributed by atoms with Crippen LogP contribution in [0.2, 0.25) is 0 Å². The molecule has 0 N–H and O–H groups in total. The number of pyridine rings is 1. The lowest BCUT2D eigenvalue weighted by Gasteiger charge is -2.32. The minimum atomic E-state index is -0.0163. The summed E-state index contributed by atoms with van der Waals surface area (Å²) < 4.78 is 5.49. The number of anilines is 1. The first-order valence-electron chi connectivity index (χ1n) is 7.53. The fourth-order valence-electron chi connectivity index (χ4n) is 2.97. The highest BCUT2D eigenvalue weighted by Crippen LogP contribution is 2.38. The van der Waals surface area contributed by atoms with Crippen LogP contribution < -0.4 is 9.64 Å². The van der Waals surface area contributed by atoms with E-state index in [9.17, 15) is 4.79 Å². The highest BCUT2D eigenvalue weighted by molar-refractivity contribution is 6.07. The molecule has 22 heavy (non-hydrogen) atoms. The number of hydrogen-bond donors (Lipinski definition) is 0. The van der Waals surface area contributed by atoms with Gasteiger partial charge in [0.15, 0.2) is 0 Å². The van der Waals surface area contributed by atoms with Gasteiger partial charge in [0.2, 0.25) is 0 Å². The third kappa shape index (κ3) is 2.45. The molecule has 1 aliphatic rings. The van der Waals surface area contributed by atoms with Crippen LogP contribution in [0.15, 0.2) is 30.5 Å². The third-order valence-corrected chi connectivity index (χ3v) is 4.18. The quantitative estimate of drug-likeness (QED) is 0.854. The second-order valence-corrected chi connectivity index (χ2v) is 5.66. The normalized spacial score (nSPS) is 13.7. The Hall–Kier alpha value is -2.36. The van der Waals surface area contributed by atoms with Crippen LogP contribution in [0.1, 0.15) is 33.6 Å². The number of aromatic nitrogens is 1. The number of nitrogens with zero attached hydrogens (tertiary/aromatic N) is 2. The van der Waals surface area contributed by atoms with E-state index in [1.165, 1.54) is 11.1 Å². The highest BCUT2D eigenvalue weighted by atomic mass is 16.5. The number of amides is 1. The van der Waals surface area contributed by atoms with Crippen molar-refractivity contribution in [3.8, 4) is 5.75 Å². The zero-order valence-corrected chi connectivity index (χ0v) is 13.2. The summed E-state index contributed by atoms with van der Waals surface area (Å²) in [4.78, 5) is 18.9. The molecule has 0 unspecified atom stereocenters. The van der Waals surface area contributed by atoms with E-state index < -0.39 is 0 Å². The summed E-state index contributed by atoms with van der Waals surface area (Å²) in [5, 5.41) is 0. The second kappa shape index (κ2) is 5.79. The van der Waals surface area contributed by atoms with Gasteiger partial charge < -0.3 is 9.64 Å². The molecule has 0 atom stereocenters. The maximum absolute atomic E-state index is 12.9. The van der Waals surface area contributed by atoms with Crippen molar-refractivity contribution < 1.29 is 9.53 Å². The minimum Gasteiger partial charge on any atom is -0.495 e. The van der Waals surface area contributed by atoms with Crippen molar-refractivity contribution in [2.75, 3.05) is 18.6 Å². The van der Waals surface area contributed by atoms with Crippen LogP contribution in [0.5, 0.6) is 5.75 Å². The van der Waals surface area contributed by atoms with Crippen LogP contribution in [-0.4, -0.2) is 24.5 Å². The van der Waals surface area contributed by atoms with Crippen molar-refractivity contribution in [3.63, 3.8) is 0 Å². The number of carbonyl (C=O) groups excluding carboxylic acids is 1. The molecule has 0 fully saturated rings. The summed E-state index contributed by atoms with van der Waals surface area (Å²) in [5.74, 6) is 0.742. The summed E-state index contributed by atoms with van der Waals surface area (Å²) in [5.41, 5.74) is 4.85. The Kier molecular flexibility index (Phi) is 3.84. The molecule has 0 saturated heterocycles. The van der Waals surface area contributed by atoms with Gasteiger partial charge in [-0.1, -0.05) is 6.07 Å². The molecule has 0 aliphatic carbocycles. The smallest absolute Gasteiger partial charge is 0.259 e. The van der Waals surface area contributed by atoms with E-state index in [1.807, 2.05) is 30.0 Å². The molecule has 0 saturated carbocycles. The van der Waals surface area contributed by atoms with Gasteiger partial charge in [-0.15, -0.1) is 0 Å². The Morgan fingerprint density at radius 2 is 2.05 bits per heavy atom. The molecule has 1 aliphatic heterocycles. The molecule has 4 nitrogen and oxygen atoms in total. The molecule has 2 aromatic rings. The van der Waals surface area contributed by atoms with Gasteiger partial charge in [0, 0.05) is 18.4 Å². The van der Waals surface area contributed by atoms with Crippen molar-refractivity contribution in [3.05, 3.63) is 52.8 Å². The van der Waals surface area contributed by atoms with Crippen LogP contribution in [0.3, 0.4) is 0 Å². The Balaban J connectivity index is 2.06. The lowest BCUT2D eigenvalue weighted by molar-refractivity contribution is 0.0984. The molecule has 1 aromatic heterocycles. The van der Waals surface area contributed by atoms with E-state index in [0.29, 0.717) is 12.1 Å². The summed E-state index contributed by atoms with van der Waals surface area (Å²) in [6.45, 7) is 4.70. The van der Waals surface area contributed by atoms with Crippen LogP contribution in [0.4, 0.5) is 5.69 Å². The number of methoxy groups -OCH3 is 1. The molecule has 3 rings (SSSR count). The van der Waals surface area contributed by atoms with Crippen LogP contribution in [0, 0.1) is 13.8 Å². The fraction of sp³-hybridized carbons (Fsp3) is 0.333. The first kappa shape index (κ1) is 14.6. The topological polar surface area (TPSA) is 42.4 Å². The zero-order valence-electron chi connectivity index (χ0n) is 13.2. The zero-order chi connectivity index (χ0) is 15.7. The molecular weight excluding hydrogens is 276 g/mol. The predicted molar refractivity (Wildman–Crippen MR) is 86.7 cm³/mol. The van der Waals surface area contributed by atoms with Crippen LogP contribution in [0.25, 0.3) is 0 Å². The first-order valence-corrected chi connectivity index (χ1v) is 7.53. The molecule has 4 heteroatoms. The molecule has 0 spiro atoms. The van der Waals surface area contributed by atoms with Crippen LogP contribution >= 0.6 is 0 Å². The molecule has 1 aromatic carbocycles. The molecule has 114 valence electrons. The summed E-state index contributed by atoms with van der Waals surface area (Å²) in [6.07, 6.45) is 3.59. The number of benzene rings is 1. The lowest BCUT2D eigenvalue weighted by Crippen LogP contribution is -2.36. The van der Waals surface area contributed by atoms with Crippen molar-refractivity contribution in [1.82, 2.24) is 4.98 Å². The van der Waals surface area contributed by atoms with Crippen molar-refractivity contribution in [1.29, 1.82) is 0 Å². The Morgan fingerprint density at radius 3 is 2.73 bits per heavy atom. The van der Waals surface area contributed by atoms with E-state index in [-0.39, 0.29) is 5.91 Å². The van der Waals surface area contributed by atoms with E-state index in [1.54, 1.807) is 13.3 Å². The van der Waals surface area contributed by atoms with Crippen molar-refractivity contribution in [2.45, 2.75) is 26.7 Å². The monoisotopic (exact) mass is 296 g/mol. The number of ether oxygens (including phenoxy) is 1. The number of aryl methyl sites for hydroxylation is 2. The van der Waals surface area contributed by atoms with Crippen molar-refractivity contribution in [2.24, 2.45) is 0 Å². The minimum absolute atomic E-state index is 0.0163. The average Bonchev–Trinajstić information content (AvgIpc) is 2.55. The Bertz CT molecular complexity index is 708. The Labute approximate surface area is 130 Å². The molecule has 0 radical (unpaired) electrons. The highest BCUT2D eigenvalue weighted by Gasteiger charge is 2.28. The van der Waals surface area contributed by atoms with Gasteiger partial charge in [0.05, 0.1) is 18.4 Å². The Morgan fingerprint density at radius 1 is 1.23 bits per heavy atom. The first-order chi connectivity index (χ1) is 10.6. The maximum Gasteiger partial charge on any atom is 0.259 e. The van der Waals surface area contributed by atoms with E-state index in [4.69, 9.17) is 4.74 Å². The van der Waals surface area contributed by atoms with Crippen LogP contribution in [-0.2, 0) is 6.42 Å². The molecule has 1 amide bonds. The second-order valence-electron chi connectivity index (χ2n) is 5.66. The predicted octanol–water partition coefficient (Wildman–Crippen LogP) is 3.30. The van der Waals surface area contributed by atoms with E-state index >= 15 is 0 Å². The largest absolute Gasteiger partial charge is 0.495 e. The van der Waals surface area contributed by atoms with Gasteiger partial charge in [-0.25, -0.2) is 0 Å². The summed E-state index contributed by atoms with van der Waals surface area (Å²) in [7, 11) is 1.65. The lowest BCUT2D eigenvalue weighted by atomic mass is 9.95. The van der Waals surface area contributed by atoms with Gasteiger partial charge in [-0.3, -0.25) is 9.78 Å². The van der Waals surface area contributed by atoms with E-state index in [0.717, 1.165) is 30.0 Å². The van der Waals surface area contributed by atoms with Gasteiger partial charge >= 0.3 is 0 Å². The van der Waals surface area contributed by atoms with Gasteiger partial charge in [0.25, 0.3) is 5.91 Å². The number of rotatable bonds is 2. The van der Waals surface area contributed by atoms with Gasteiger partial charge in [-0.2, -0.15) is 0 Å². The summed E-state index contributed by atoms with van der Waals surface area (Å²) >= 11 is 0. The van der Waals surface area contributed by atoms with Crippen molar-refractivity contribution >= 4 is 11.6 Å². The fourth-order valence-corrected chi connectivity index (χ4v) is 2.97. The third-order valence-electron chi connectivity index (χ3n) is 4.18. The molecule has 0 bridgehead atoms. The summed E-state index contributed by atoms with van der Waals surface area (Å²) in [6, 6.07) is 7.69. The SMILES string of the molecule is COc1ccc(C)c2c1N(C(=O)c1ccc(C)nc1)CCC2. The number of hydrogen-bond acceptors (Lipinski definition) is 3. The number of carbonyl (C=O) groups is 1. The molecular formula is C18H20N2O2.